The molecule has 1 aromatic heterocycles. The van der Waals surface area contributed by atoms with Gasteiger partial charge in [-0.1, -0.05) is 23.7 Å². The molecule has 35 heavy (non-hydrogen) atoms. The minimum absolute atomic E-state index is 0.00684. The summed E-state index contributed by atoms with van der Waals surface area (Å²) in [5.74, 6) is -1.55. The molecule has 0 spiro atoms. The maximum Gasteiger partial charge on any atom is 0.337 e. The molecule has 0 aliphatic carbocycles. The molecule has 2 aromatic carbocycles. The lowest BCUT2D eigenvalue weighted by atomic mass is 10.1. The van der Waals surface area contributed by atoms with E-state index in [1.807, 2.05) is 30.5 Å². The highest BCUT2D eigenvalue weighted by atomic mass is 35.5. The Hall–Kier alpha value is -3.75. The lowest BCUT2D eigenvalue weighted by molar-refractivity contribution is -0.122. The van der Waals surface area contributed by atoms with Crippen LogP contribution >= 0.6 is 23.8 Å². The van der Waals surface area contributed by atoms with E-state index in [2.05, 4.69) is 5.32 Å². The fourth-order valence-corrected chi connectivity index (χ4v) is 4.53. The van der Waals surface area contributed by atoms with Crippen molar-refractivity contribution >= 4 is 58.5 Å². The zero-order valence-electron chi connectivity index (χ0n) is 19.5. The van der Waals surface area contributed by atoms with Crippen LogP contribution in [0.5, 0.6) is 0 Å². The molecule has 1 aliphatic heterocycles. The predicted molar refractivity (Wildman–Crippen MR) is 139 cm³/mol. The van der Waals surface area contributed by atoms with Crippen LogP contribution in [-0.4, -0.2) is 34.6 Å². The van der Waals surface area contributed by atoms with Gasteiger partial charge < -0.3 is 9.30 Å². The van der Waals surface area contributed by atoms with Gasteiger partial charge in [-0.3, -0.25) is 19.8 Å². The molecule has 7 nitrogen and oxygen atoms in total. The van der Waals surface area contributed by atoms with Crippen LogP contribution in [0.4, 0.5) is 5.69 Å². The maximum absolute atomic E-state index is 13.4. The second-order valence-electron chi connectivity index (χ2n) is 8.05. The van der Waals surface area contributed by atoms with Crippen LogP contribution in [0.25, 0.3) is 11.8 Å². The molecule has 1 N–H and O–H groups in total. The van der Waals surface area contributed by atoms with Gasteiger partial charge in [0.1, 0.15) is 5.57 Å². The van der Waals surface area contributed by atoms with Crippen LogP contribution < -0.4 is 10.2 Å². The molecule has 178 valence electrons. The molecule has 9 heteroatoms. The highest BCUT2D eigenvalue weighted by molar-refractivity contribution is 7.80. The number of thiocarbonyl (C=S) groups is 1. The summed E-state index contributed by atoms with van der Waals surface area (Å²) in [5, 5.41) is 3.08. The number of nitrogens with one attached hydrogen (secondary N) is 1. The number of halogens is 1. The highest BCUT2D eigenvalue weighted by Crippen LogP contribution is 2.30. The quantitative estimate of drug-likeness (QED) is 0.240. The van der Waals surface area contributed by atoms with E-state index < -0.39 is 17.8 Å². The van der Waals surface area contributed by atoms with E-state index in [0.717, 1.165) is 17.1 Å². The average Bonchev–Trinajstić information content (AvgIpc) is 3.11. The third-order valence-corrected chi connectivity index (χ3v) is 6.57. The van der Waals surface area contributed by atoms with Gasteiger partial charge in [0.15, 0.2) is 5.11 Å². The number of hydrogen-bond donors (Lipinski definition) is 1. The van der Waals surface area contributed by atoms with Gasteiger partial charge in [-0.25, -0.2) is 4.79 Å². The van der Waals surface area contributed by atoms with Crippen molar-refractivity contribution in [1.29, 1.82) is 0 Å². The Labute approximate surface area is 212 Å². The van der Waals surface area contributed by atoms with Crippen molar-refractivity contribution in [3.05, 3.63) is 87.2 Å². The van der Waals surface area contributed by atoms with Gasteiger partial charge >= 0.3 is 5.97 Å². The Morgan fingerprint density at radius 2 is 1.80 bits per heavy atom. The third-order valence-electron chi connectivity index (χ3n) is 5.88. The summed E-state index contributed by atoms with van der Waals surface area (Å²) in [6, 6.07) is 14.1. The number of carbonyl (C=O) groups is 3. The zero-order chi connectivity index (χ0) is 25.4. The van der Waals surface area contributed by atoms with Crippen LogP contribution in [0.3, 0.4) is 0 Å². The van der Waals surface area contributed by atoms with E-state index in [-0.39, 0.29) is 10.7 Å². The Kier molecular flexibility index (Phi) is 6.60. The van der Waals surface area contributed by atoms with Gasteiger partial charge in [0.25, 0.3) is 11.8 Å². The first-order chi connectivity index (χ1) is 16.6. The van der Waals surface area contributed by atoms with E-state index in [0.29, 0.717) is 27.4 Å². The smallest absolute Gasteiger partial charge is 0.337 e. The topological polar surface area (TPSA) is 80.6 Å². The molecule has 0 atom stereocenters. The van der Waals surface area contributed by atoms with Crippen LogP contribution in [0.1, 0.15) is 32.9 Å². The Balaban J connectivity index is 1.77. The number of aryl methyl sites for hydroxylation is 1. The first kappa shape index (κ1) is 24.4. The maximum atomic E-state index is 13.4. The normalized spacial score (nSPS) is 14.9. The predicted octanol–water partition coefficient (Wildman–Crippen LogP) is 4.67. The molecule has 3 aromatic rings. The number of rotatable bonds is 4. The Bertz CT molecular complexity index is 1440. The van der Waals surface area contributed by atoms with Crippen molar-refractivity contribution in [3.63, 3.8) is 0 Å². The standard InChI is InChI=1S/C26H22ClN3O4S/c1-14-11-18(16(3)29(14)19-8-5-7-17(12-19)25(33)34-4)13-20-23(31)28-26(35)30(24(20)32)22-10-6-9-21(27)15(22)2/h5-13H,1-4H3,(H,28,31,35)/b20-13+. The van der Waals surface area contributed by atoms with Gasteiger partial charge in [-0.05, 0) is 86.6 Å². The molecular weight excluding hydrogens is 486 g/mol. The van der Waals surface area contributed by atoms with Crippen LogP contribution in [0.15, 0.2) is 54.1 Å². The first-order valence-electron chi connectivity index (χ1n) is 10.7. The fourth-order valence-electron chi connectivity index (χ4n) is 4.09. The van der Waals surface area contributed by atoms with Gasteiger partial charge in [0.05, 0.1) is 18.4 Å². The summed E-state index contributed by atoms with van der Waals surface area (Å²) in [7, 11) is 1.33. The molecule has 0 bridgehead atoms. The number of benzene rings is 2. The number of anilines is 1. The van der Waals surface area contributed by atoms with E-state index in [4.69, 9.17) is 28.6 Å². The molecule has 1 aliphatic rings. The van der Waals surface area contributed by atoms with E-state index in [1.54, 1.807) is 49.4 Å². The van der Waals surface area contributed by atoms with Gasteiger partial charge in [0.2, 0.25) is 0 Å². The molecule has 0 radical (unpaired) electrons. The molecule has 1 fully saturated rings. The molecule has 1 saturated heterocycles. The van der Waals surface area contributed by atoms with Gasteiger partial charge in [-0.15, -0.1) is 0 Å². The number of esters is 1. The Morgan fingerprint density at radius 3 is 2.51 bits per heavy atom. The lowest BCUT2D eigenvalue weighted by Crippen LogP contribution is -2.54. The summed E-state index contributed by atoms with van der Waals surface area (Å²) in [6.07, 6.45) is 1.55. The van der Waals surface area contributed by atoms with Crippen molar-refractivity contribution in [2.75, 3.05) is 12.0 Å². The number of aromatic nitrogens is 1. The number of carbonyl (C=O) groups excluding carboxylic acids is 3. The lowest BCUT2D eigenvalue weighted by Gasteiger charge is -2.30. The van der Waals surface area contributed by atoms with Crippen LogP contribution in [-0.2, 0) is 14.3 Å². The molecule has 2 heterocycles. The minimum atomic E-state index is -0.576. The van der Waals surface area contributed by atoms with Crippen molar-refractivity contribution in [2.24, 2.45) is 0 Å². The second kappa shape index (κ2) is 9.48. The summed E-state index contributed by atoms with van der Waals surface area (Å²) in [4.78, 5) is 39.5. The highest BCUT2D eigenvalue weighted by Gasteiger charge is 2.35. The fraction of sp³-hybridized carbons (Fsp3) is 0.154. The van der Waals surface area contributed by atoms with Crippen LogP contribution in [0, 0.1) is 20.8 Å². The number of methoxy groups -OCH3 is 1. The van der Waals surface area contributed by atoms with Crippen molar-refractivity contribution in [2.45, 2.75) is 20.8 Å². The van der Waals surface area contributed by atoms with E-state index in [1.165, 1.54) is 12.0 Å². The number of amides is 2. The van der Waals surface area contributed by atoms with Gasteiger partial charge in [-0.2, -0.15) is 0 Å². The second-order valence-corrected chi connectivity index (χ2v) is 8.84. The number of hydrogen-bond acceptors (Lipinski definition) is 5. The molecule has 0 saturated carbocycles. The first-order valence-corrected chi connectivity index (χ1v) is 11.5. The largest absolute Gasteiger partial charge is 0.465 e. The summed E-state index contributed by atoms with van der Waals surface area (Å²) >= 11 is 11.5. The third kappa shape index (κ3) is 4.38. The molecular formula is C26H22ClN3O4S. The van der Waals surface area contributed by atoms with Crippen molar-refractivity contribution < 1.29 is 19.1 Å². The molecule has 2 amide bonds. The van der Waals surface area contributed by atoms with Crippen LogP contribution in [0.2, 0.25) is 5.02 Å². The number of nitrogens with zero attached hydrogens (tertiary/aromatic N) is 2. The molecule has 4 rings (SSSR count). The summed E-state index contributed by atoms with van der Waals surface area (Å²) < 4.78 is 6.76. The zero-order valence-corrected chi connectivity index (χ0v) is 21.1. The van der Waals surface area contributed by atoms with E-state index >= 15 is 0 Å². The van der Waals surface area contributed by atoms with E-state index in [9.17, 15) is 14.4 Å². The van der Waals surface area contributed by atoms with Crippen molar-refractivity contribution in [1.82, 2.24) is 9.88 Å². The number of ether oxygens (including phenoxy) is 1. The van der Waals surface area contributed by atoms with Gasteiger partial charge in [0, 0.05) is 22.1 Å². The summed E-state index contributed by atoms with van der Waals surface area (Å²) in [6.45, 7) is 5.56. The monoisotopic (exact) mass is 507 g/mol. The average molecular weight is 508 g/mol. The molecule has 0 unspecified atom stereocenters. The van der Waals surface area contributed by atoms with Crippen molar-refractivity contribution in [3.8, 4) is 5.69 Å². The minimum Gasteiger partial charge on any atom is -0.465 e. The Morgan fingerprint density at radius 1 is 1.09 bits per heavy atom. The SMILES string of the molecule is COC(=O)c1cccc(-n2c(C)cc(/C=C3\C(=O)NC(=S)N(c4cccc(Cl)c4C)C3=O)c2C)c1. The summed E-state index contributed by atoms with van der Waals surface area (Å²) in [5.41, 5.74) is 4.62.